The third-order valence-electron chi connectivity index (χ3n) is 9.96. The van der Waals surface area contributed by atoms with E-state index in [-0.39, 0.29) is 60.3 Å². The molecule has 0 radical (unpaired) electrons. The number of rotatable bonds is 14. The molecule has 0 aromatic carbocycles. The molecule has 6 aliphatic rings. The Morgan fingerprint density at radius 1 is 0.571 bits per heavy atom. The van der Waals surface area contributed by atoms with Crippen LogP contribution in [0.1, 0.15) is 77.0 Å². The largest absolute Gasteiger partial charge is 0.533 e. The summed E-state index contributed by atoms with van der Waals surface area (Å²) in [5, 5.41) is 1.32. The molecule has 11 heteroatoms. The number of allylic oxidation sites excluding steroid dienone is 4. The Balaban J connectivity index is 0.749. The fraction of sp³-hybridized carbons (Fsp3) is 0.677. The van der Waals surface area contributed by atoms with Crippen LogP contribution in [0.15, 0.2) is 24.3 Å². The lowest BCUT2D eigenvalue weighted by Crippen LogP contribution is -2.35. The maximum atomic E-state index is 12.6. The highest BCUT2D eigenvalue weighted by Gasteiger charge is 2.62. The number of hydroxylamine groups is 4. The van der Waals surface area contributed by atoms with E-state index in [9.17, 15) is 28.8 Å². The first-order valence-corrected chi connectivity index (χ1v) is 15.5. The zero-order valence-electron chi connectivity index (χ0n) is 23.7. The number of carbonyl (C=O) groups excluding carboxylic acids is 6. The lowest BCUT2D eigenvalue weighted by Gasteiger charge is -2.15. The van der Waals surface area contributed by atoms with Crippen molar-refractivity contribution >= 4 is 35.8 Å². The Labute approximate surface area is 244 Å². The Hall–Kier alpha value is -3.50. The minimum atomic E-state index is -1.02. The van der Waals surface area contributed by atoms with E-state index in [1.807, 2.05) is 24.3 Å². The number of ether oxygens (including phenoxy) is 1. The van der Waals surface area contributed by atoms with Gasteiger partial charge < -0.3 is 9.57 Å². The van der Waals surface area contributed by atoms with Gasteiger partial charge in [0.25, 0.3) is 23.6 Å². The van der Waals surface area contributed by atoms with E-state index in [1.165, 1.54) is 0 Å². The lowest BCUT2D eigenvalue weighted by atomic mass is 9.85. The molecule has 8 unspecified atom stereocenters. The van der Waals surface area contributed by atoms with Crippen LogP contribution in [0.5, 0.6) is 0 Å². The Morgan fingerprint density at radius 3 is 1.40 bits per heavy atom. The van der Waals surface area contributed by atoms with Crippen LogP contribution in [-0.4, -0.2) is 52.5 Å². The summed E-state index contributed by atoms with van der Waals surface area (Å²) in [5.41, 5.74) is 0. The molecule has 2 saturated carbocycles. The summed E-state index contributed by atoms with van der Waals surface area (Å²) < 4.78 is 5.06. The van der Waals surface area contributed by atoms with Gasteiger partial charge in [-0.3, -0.25) is 24.0 Å². The predicted molar refractivity (Wildman–Crippen MR) is 144 cm³/mol. The molecule has 42 heavy (non-hydrogen) atoms. The smallest absolute Gasteiger partial charge is 0.433 e. The van der Waals surface area contributed by atoms with Crippen LogP contribution >= 0.6 is 0 Å². The minimum Gasteiger partial charge on any atom is -0.433 e. The summed E-state index contributed by atoms with van der Waals surface area (Å²) in [6, 6.07) is 0. The van der Waals surface area contributed by atoms with Crippen molar-refractivity contribution in [3.05, 3.63) is 24.3 Å². The Kier molecular flexibility index (Phi) is 8.18. The zero-order valence-corrected chi connectivity index (χ0v) is 23.7. The van der Waals surface area contributed by atoms with Gasteiger partial charge in [-0.05, 0) is 49.4 Å². The van der Waals surface area contributed by atoms with E-state index in [0.717, 1.165) is 62.9 Å². The van der Waals surface area contributed by atoms with E-state index in [2.05, 4.69) is 0 Å². The van der Waals surface area contributed by atoms with E-state index in [1.54, 1.807) is 0 Å². The second kappa shape index (κ2) is 12.0. The zero-order chi connectivity index (χ0) is 29.4. The lowest BCUT2D eigenvalue weighted by molar-refractivity contribution is -0.199. The minimum absolute atomic E-state index is 0.0544. The van der Waals surface area contributed by atoms with Crippen molar-refractivity contribution in [1.29, 1.82) is 0 Å². The van der Waals surface area contributed by atoms with Gasteiger partial charge in [0, 0.05) is 6.42 Å². The Morgan fingerprint density at radius 2 is 0.952 bits per heavy atom. The number of hydrogen-bond acceptors (Lipinski definition) is 9. The van der Waals surface area contributed by atoms with Crippen LogP contribution in [0, 0.1) is 47.3 Å². The molecule has 4 amide bonds. The van der Waals surface area contributed by atoms with Crippen molar-refractivity contribution in [1.82, 2.24) is 10.1 Å². The van der Waals surface area contributed by atoms with Gasteiger partial charge >= 0.3 is 12.1 Å². The van der Waals surface area contributed by atoms with E-state index in [0.29, 0.717) is 17.9 Å². The number of unbranched alkanes of at least 4 members (excludes halogenated alkanes) is 8. The second-order valence-electron chi connectivity index (χ2n) is 12.5. The standard InChI is InChI=1S/C31H38N2O9/c34-22(41-32-27(35)23-18-11-12-19(16-18)24(23)28(32)36)10-8-6-4-2-1-3-5-7-9-15-40-31(39)42-33-29(37)25-20-13-14-21(17-20)26(25)30(33)38/h11-14,18-21,23-26H,1-10,15-17H2. The highest BCUT2D eigenvalue weighted by molar-refractivity contribution is 6.06. The molecule has 2 saturated heterocycles. The van der Waals surface area contributed by atoms with Gasteiger partial charge in [0.05, 0.1) is 30.3 Å². The monoisotopic (exact) mass is 582 g/mol. The maximum Gasteiger partial charge on any atom is 0.533 e. The Bertz CT molecular complexity index is 1060. The van der Waals surface area contributed by atoms with Gasteiger partial charge in [-0.25, -0.2) is 9.59 Å². The summed E-state index contributed by atoms with van der Waals surface area (Å²) in [5.74, 6) is -3.44. The maximum absolute atomic E-state index is 12.6. The molecule has 8 atom stereocenters. The SMILES string of the molecule is O=C(CCCCCCCCCCCOC(=O)ON1C(=O)C2C3C=CC(C3)C2C1=O)ON1C(=O)C2C3C=CC(C3)C2C1=O. The van der Waals surface area contributed by atoms with Crippen LogP contribution < -0.4 is 0 Å². The number of carbonyl (C=O) groups is 6. The summed E-state index contributed by atoms with van der Waals surface area (Å²) in [6.45, 7) is 0.165. The van der Waals surface area contributed by atoms with Crippen LogP contribution in [-0.2, 0) is 38.4 Å². The van der Waals surface area contributed by atoms with Crippen molar-refractivity contribution in [3.8, 4) is 0 Å². The highest BCUT2D eigenvalue weighted by Crippen LogP contribution is 2.53. The fourth-order valence-corrected chi connectivity index (χ4v) is 7.94. The molecule has 2 heterocycles. The number of hydrogen-bond donors (Lipinski definition) is 0. The predicted octanol–water partition coefficient (Wildman–Crippen LogP) is 4.03. The third-order valence-corrected chi connectivity index (χ3v) is 9.96. The van der Waals surface area contributed by atoms with Crippen LogP contribution in [0.25, 0.3) is 0 Å². The summed E-state index contributed by atoms with van der Waals surface area (Å²) >= 11 is 0. The molecule has 0 aromatic heterocycles. The first kappa shape index (κ1) is 28.6. The van der Waals surface area contributed by atoms with Gasteiger partial charge in [-0.2, -0.15) is 0 Å². The first-order chi connectivity index (χ1) is 20.3. The molecule has 11 nitrogen and oxygen atoms in total. The van der Waals surface area contributed by atoms with E-state index >= 15 is 0 Å². The van der Waals surface area contributed by atoms with E-state index < -0.39 is 35.8 Å². The number of amides is 4. The van der Waals surface area contributed by atoms with Crippen LogP contribution in [0.3, 0.4) is 0 Å². The van der Waals surface area contributed by atoms with Gasteiger partial charge in [0.2, 0.25) is 0 Å². The number of nitrogens with zero attached hydrogens (tertiary/aromatic N) is 2. The molecule has 0 N–H and O–H groups in total. The molecule has 226 valence electrons. The van der Waals surface area contributed by atoms with Crippen LogP contribution in [0.4, 0.5) is 4.79 Å². The quantitative estimate of drug-likeness (QED) is 0.129. The molecular formula is C31H38N2O9. The number of fused-ring (bicyclic) bond motifs is 10. The molecule has 4 bridgehead atoms. The van der Waals surface area contributed by atoms with Crippen molar-refractivity contribution in [2.24, 2.45) is 47.3 Å². The molecule has 4 aliphatic carbocycles. The van der Waals surface area contributed by atoms with Gasteiger partial charge in [-0.15, -0.1) is 5.06 Å². The average molecular weight is 583 g/mol. The molecule has 6 rings (SSSR count). The highest BCUT2D eigenvalue weighted by atomic mass is 16.8. The van der Waals surface area contributed by atoms with Crippen molar-refractivity contribution in [3.63, 3.8) is 0 Å². The molecule has 0 spiro atoms. The topological polar surface area (TPSA) is 137 Å². The fourth-order valence-electron chi connectivity index (χ4n) is 7.94. The summed E-state index contributed by atoms with van der Waals surface area (Å²) in [7, 11) is 0. The third kappa shape index (κ3) is 5.26. The van der Waals surface area contributed by atoms with Gasteiger partial charge in [0.1, 0.15) is 0 Å². The van der Waals surface area contributed by atoms with Crippen molar-refractivity contribution in [2.75, 3.05) is 6.61 Å². The van der Waals surface area contributed by atoms with Gasteiger partial charge in [-0.1, -0.05) is 74.3 Å². The molecular weight excluding hydrogens is 544 g/mol. The number of imide groups is 2. The second-order valence-corrected chi connectivity index (χ2v) is 12.5. The summed E-state index contributed by atoms with van der Waals surface area (Å²) in [4.78, 5) is 84.6. The summed E-state index contributed by atoms with van der Waals surface area (Å²) in [6.07, 6.45) is 17.0. The first-order valence-electron chi connectivity index (χ1n) is 15.5. The van der Waals surface area contributed by atoms with Crippen molar-refractivity contribution in [2.45, 2.75) is 77.0 Å². The molecule has 4 fully saturated rings. The molecule has 0 aromatic rings. The molecule has 2 aliphatic heterocycles. The van der Waals surface area contributed by atoms with Gasteiger partial charge in [0.15, 0.2) is 0 Å². The van der Waals surface area contributed by atoms with Crippen molar-refractivity contribution < 1.29 is 43.2 Å². The van der Waals surface area contributed by atoms with E-state index in [4.69, 9.17) is 14.4 Å². The normalized spacial score (nSPS) is 33.2. The average Bonchev–Trinajstić information content (AvgIpc) is 3.82. The van der Waals surface area contributed by atoms with Crippen LogP contribution in [0.2, 0.25) is 0 Å².